The van der Waals surface area contributed by atoms with Crippen molar-refractivity contribution in [3.63, 3.8) is 0 Å². The number of carbonyl (C=O) groups is 1. The van der Waals surface area contributed by atoms with Crippen molar-refractivity contribution in [2.24, 2.45) is 0 Å². The number of hydrogen-bond donors (Lipinski definition) is 1. The van der Waals surface area contributed by atoms with E-state index in [4.69, 9.17) is 4.74 Å². The Morgan fingerprint density at radius 3 is 2.38 bits per heavy atom. The van der Waals surface area contributed by atoms with E-state index in [-0.39, 0.29) is 5.91 Å². The van der Waals surface area contributed by atoms with Gasteiger partial charge >= 0.3 is 0 Å². The van der Waals surface area contributed by atoms with Crippen molar-refractivity contribution in [1.29, 1.82) is 0 Å². The number of hydrogen-bond acceptors (Lipinski definition) is 3. The summed E-state index contributed by atoms with van der Waals surface area (Å²) >= 11 is 0. The normalized spacial score (nSPS) is 10.8. The predicted molar refractivity (Wildman–Crippen MR) is 102 cm³/mol. The Bertz CT molecular complexity index is 445. The standard InChI is InChI=1S/C20H34N2O2/c1-4-6-8-9-17-24-19-12-10-18(11-13-19)21-20(23)14-16-22(3)15-7-5-2/h10-13H,4-9,14-17H2,1-3H3,(H,21,23). The summed E-state index contributed by atoms with van der Waals surface area (Å²) in [5.74, 6) is 0.926. The van der Waals surface area contributed by atoms with Gasteiger partial charge < -0.3 is 15.0 Å². The van der Waals surface area contributed by atoms with E-state index in [2.05, 4.69) is 31.1 Å². The average molecular weight is 335 g/mol. The summed E-state index contributed by atoms with van der Waals surface area (Å²) in [7, 11) is 2.07. The average Bonchev–Trinajstić information content (AvgIpc) is 2.59. The zero-order valence-corrected chi connectivity index (χ0v) is 15.6. The minimum Gasteiger partial charge on any atom is -0.494 e. The zero-order valence-electron chi connectivity index (χ0n) is 15.6. The molecule has 1 rings (SSSR count). The van der Waals surface area contributed by atoms with Gasteiger partial charge in [0.15, 0.2) is 0 Å². The Hall–Kier alpha value is -1.55. The highest BCUT2D eigenvalue weighted by Crippen LogP contribution is 2.16. The summed E-state index contributed by atoms with van der Waals surface area (Å²) in [5, 5.41) is 2.94. The molecular weight excluding hydrogens is 300 g/mol. The molecule has 24 heavy (non-hydrogen) atoms. The molecule has 0 radical (unpaired) electrons. The van der Waals surface area contributed by atoms with Crippen LogP contribution < -0.4 is 10.1 Å². The molecule has 0 bridgehead atoms. The number of nitrogens with one attached hydrogen (secondary N) is 1. The molecule has 1 aromatic rings. The highest BCUT2D eigenvalue weighted by atomic mass is 16.5. The van der Waals surface area contributed by atoms with Gasteiger partial charge in [-0.2, -0.15) is 0 Å². The van der Waals surface area contributed by atoms with Gasteiger partial charge in [0.2, 0.25) is 5.91 Å². The van der Waals surface area contributed by atoms with E-state index in [0.717, 1.165) is 37.6 Å². The van der Waals surface area contributed by atoms with E-state index >= 15 is 0 Å². The molecule has 0 atom stereocenters. The molecular formula is C20H34N2O2. The Morgan fingerprint density at radius 2 is 1.71 bits per heavy atom. The van der Waals surface area contributed by atoms with Crippen molar-refractivity contribution < 1.29 is 9.53 Å². The van der Waals surface area contributed by atoms with Crippen LogP contribution in [0.25, 0.3) is 0 Å². The van der Waals surface area contributed by atoms with Crippen molar-refractivity contribution in [2.45, 2.75) is 58.8 Å². The lowest BCUT2D eigenvalue weighted by Gasteiger charge is -2.15. The van der Waals surface area contributed by atoms with E-state index in [1.54, 1.807) is 0 Å². The Kier molecular flexibility index (Phi) is 10.9. The Morgan fingerprint density at radius 1 is 1.00 bits per heavy atom. The predicted octanol–water partition coefficient (Wildman–Crippen LogP) is 4.71. The number of amides is 1. The first-order valence-corrected chi connectivity index (χ1v) is 9.37. The number of carbonyl (C=O) groups excluding carboxylic acids is 1. The molecule has 136 valence electrons. The third kappa shape index (κ3) is 9.56. The summed E-state index contributed by atoms with van der Waals surface area (Å²) in [5.41, 5.74) is 0.828. The summed E-state index contributed by atoms with van der Waals surface area (Å²) in [4.78, 5) is 14.2. The van der Waals surface area contributed by atoms with Gasteiger partial charge in [-0.25, -0.2) is 0 Å². The number of anilines is 1. The minimum atomic E-state index is 0.0617. The maximum absolute atomic E-state index is 12.0. The van der Waals surface area contributed by atoms with Gasteiger partial charge in [-0.05, 0) is 50.7 Å². The lowest BCUT2D eigenvalue weighted by Crippen LogP contribution is -2.25. The first kappa shape index (κ1) is 20.5. The fourth-order valence-corrected chi connectivity index (χ4v) is 2.41. The van der Waals surface area contributed by atoms with Gasteiger partial charge in [0, 0.05) is 18.7 Å². The second kappa shape index (κ2) is 12.8. The molecule has 1 aromatic carbocycles. The first-order chi connectivity index (χ1) is 11.7. The molecule has 1 amide bonds. The van der Waals surface area contributed by atoms with Gasteiger partial charge in [-0.15, -0.1) is 0 Å². The number of ether oxygens (including phenoxy) is 1. The molecule has 0 heterocycles. The zero-order chi connectivity index (χ0) is 17.6. The maximum atomic E-state index is 12.0. The van der Waals surface area contributed by atoms with Crippen LogP contribution in [0.15, 0.2) is 24.3 Å². The lowest BCUT2D eigenvalue weighted by molar-refractivity contribution is -0.116. The number of unbranched alkanes of at least 4 members (excludes halogenated alkanes) is 4. The Balaban J connectivity index is 2.24. The van der Waals surface area contributed by atoms with Crippen LogP contribution >= 0.6 is 0 Å². The highest BCUT2D eigenvalue weighted by molar-refractivity contribution is 5.90. The lowest BCUT2D eigenvalue weighted by atomic mass is 10.2. The number of benzene rings is 1. The molecule has 0 aliphatic heterocycles. The second-order valence-corrected chi connectivity index (χ2v) is 6.39. The molecule has 0 aliphatic rings. The SMILES string of the molecule is CCCCCCOc1ccc(NC(=O)CCN(C)CCCC)cc1. The molecule has 0 unspecified atom stereocenters. The summed E-state index contributed by atoms with van der Waals surface area (Å²) in [6, 6.07) is 7.64. The van der Waals surface area contributed by atoms with Gasteiger partial charge in [-0.3, -0.25) is 4.79 Å². The van der Waals surface area contributed by atoms with Crippen molar-refractivity contribution in [3.05, 3.63) is 24.3 Å². The van der Waals surface area contributed by atoms with E-state index in [1.165, 1.54) is 32.1 Å². The smallest absolute Gasteiger partial charge is 0.225 e. The van der Waals surface area contributed by atoms with Crippen LogP contribution in [0, 0.1) is 0 Å². The summed E-state index contributed by atoms with van der Waals surface area (Å²) < 4.78 is 5.71. The van der Waals surface area contributed by atoms with E-state index in [9.17, 15) is 4.79 Å². The number of nitrogens with zero attached hydrogens (tertiary/aromatic N) is 1. The fourth-order valence-electron chi connectivity index (χ4n) is 2.41. The van der Waals surface area contributed by atoms with E-state index < -0.39 is 0 Å². The van der Waals surface area contributed by atoms with E-state index in [1.807, 2.05) is 24.3 Å². The monoisotopic (exact) mass is 334 g/mol. The van der Waals surface area contributed by atoms with Crippen LogP contribution in [0.3, 0.4) is 0 Å². The van der Waals surface area contributed by atoms with Crippen LogP contribution in [-0.2, 0) is 4.79 Å². The molecule has 1 N–H and O–H groups in total. The van der Waals surface area contributed by atoms with Gasteiger partial charge in [0.1, 0.15) is 5.75 Å². The molecule has 0 aromatic heterocycles. The molecule has 4 heteroatoms. The number of rotatable bonds is 13. The Labute approximate surface area is 147 Å². The molecule has 0 spiro atoms. The molecule has 0 saturated heterocycles. The second-order valence-electron chi connectivity index (χ2n) is 6.39. The summed E-state index contributed by atoms with van der Waals surface area (Å²) in [6.45, 7) is 6.99. The molecule has 0 fully saturated rings. The maximum Gasteiger partial charge on any atom is 0.225 e. The van der Waals surface area contributed by atoms with Crippen LogP contribution in [0.1, 0.15) is 58.8 Å². The third-order valence-corrected chi connectivity index (χ3v) is 4.02. The van der Waals surface area contributed by atoms with E-state index in [0.29, 0.717) is 6.42 Å². The van der Waals surface area contributed by atoms with Crippen LogP contribution in [0.4, 0.5) is 5.69 Å². The van der Waals surface area contributed by atoms with Crippen molar-refractivity contribution in [3.8, 4) is 5.75 Å². The minimum absolute atomic E-state index is 0.0617. The molecule has 4 nitrogen and oxygen atoms in total. The summed E-state index contributed by atoms with van der Waals surface area (Å²) in [6.07, 6.45) is 7.71. The van der Waals surface area contributed by atoms with Gasteiger partial charge in [0.25, 0.3) is 0 Å². The topological polar surface area (TPSA) is 41.6 Å². The van der Waals surface area contributed by atoms with Crippen LogP contribution in [-0.4, -0.2) is 37.6 Å². The van der Waals surface area contributed by atoms with Crippen LogP contribution in [0.5, 0.6) is 5.75 Å². The van der Waals surface area contributed by atoms with Gasteiger partial charge in [0.05, 0.1) is 6.61 Å². The quantitative estimate of drug-likeness (QED) is 0.531. The highest BCUT2D eigenvalue weighted by Gasteiger charge is 2.05. The van der Waals surface area contributed by atoms with Crippen molar-refractivity contribution >= 4 is 11.6 Å². The largest absolute Gasteiger partial charge is 0.494 e. The molecule has 0 aliphatic carbocycles. The molecule has 0 saturated carbocycles. The first-order valence-electron chi connectivity index (χ1n) is 9.37. The van der Waals surface area contributed by atoms with Gasteiger partial charge in [-0.1, -0.05) is 39.5 Å². The third-order valence-electron chi connectivity index (χ3n) is 4.02. The van der Waals surface area contributed by atoms with Crippen molar-refractivity contribution in [1.82, 2.24) is 4.90 Å². The fraction of sp³-hybridized carbons (Fsp3) is 0.650. The van der Waals surface area contributed by atoms with Crippen molar-refractivity contribution in [2.75, 3.05) is 32.1 Å². The van der Waals surface area contributed by atoms with Crippen LogP contribution in [0.2, 0.25) is 0 Å².